The summed E-state index contributed by atoms with van der Waals surface area (Å²) in [6, 6.07) is 2.28. The summed E-state index contributed by atoms with van der Waals surface area (Å²) in [5.74, 6) is -0.542. The van der Waals surface area contributed by atoms with Crippen molar-refractivity contribution in [2.75, 3.05) is 18.5 Å². The maximum atomic E-state index is 13.5. The normalized spacial score (nSPS) is 16.2. The van der Waals surface area contributed by atoms with Crippen LogP contribution in [0, 0.1) is 21.3 Å². The molecular weight excluding hydrogens is 319 g/mol. The van der Waals surface area contributed by atoms with Crippen molar-refractivity contribution in [1.29, 1.82) is 0 Å². The molecule has 0 spiro atoms. The van der Waals surface area contributed by atoms with Crippen LogP contribution in [0.5, 0.6) is 0 Å². The molecule has 0 amide bonds. The van der Waals surface area contributed by atoms with Gasteiger partial charge in [0, 0.05) is 25.3 Å². The second-order valence-electron chi connectivity index (χ2n) is 4.87. The lowest BCUT2D eigenvalue weighted by atomic mass is 10.0. The molecular formula is C12H14BrFN2O3. The van der Waals surface area contributed by atoms with Gasteiger partial charge in [0.2, 0.25) is 0 Å². The van der Waals surface area contributed by atoms with Gasteiger partial charge in [-0.2, -0.15) is 0 Å². The van der Waals surface area contributed by atoms with Crippen LogP contribution >= 0.6 is 15.9 Å². The number of nitro benzene ring substituents is 1. The highest BCUT2D eigenvalue weighted by Gasteiger charge is 2.41. The highest BCUT2D eigenvalue weighted by atomic mass is 79.9. The molecule has 0 saturated heterocycles. The van der Waals surface area contributed by atoms with Crippen LogP contribution in [0.2, 0.25) is 0 Å². The van der Waals surface area contributed by atoms with Gasteiger partial charge in [0.05, 0.1) is 9.40 Å². The number of halogens is 2. The number of aliphatic hydroxyl groups is 1. The van der Waals surface area contributed by atoms with Crippen LogP contribution in [-0.2, 0) is 0 Å². The van der Waals surface area contributed by atoms with Gasteiger partial charge in [-0.3, -0.25) is 10.1 Å². The number of nitro groups is 1. The van der Waals surface area contributed by atoms with Gasteiger partial charge in [-0.1, -0.05) is 0 Å². The fourth-order valence-electron chi connectivity index (χ4n) is 2.04. The van der Waals surface area contributed by atoms with Crippen molar-refractivity contribution in [3.8, 4) is 0 Å². The minimum atomic E-state index is -0.544. The molecule has 1 aliphatic carbocycles. The smallest absolute Gasteiger partial charge is 0.293 e. The van der Waals surface area contributed by atoms with E-state index in [4.69, 9.17) is 5.11 Å². The summed E-state index contributed by atoms with van der Waals surface area (Å²) < 4.78 is 13.5. The van der Waals surface area contributed by atoms with Crippen LogP contribution < -0.4 is 5.32 Å². The van der Waals surface area contributed by atoms with Crippen molar-refractivity contribution in [2.24, 2.45) is 5.41 Å². The molecule has 2 N–H and O–H groups in total. The van der Waals surface area contributed by atoms with E-state index in [1.165, 1.54) is 0 Å². The zero-order valence-electron chi connectivity index (χ0n) is 10.2. The lowest BCUT2D eigenvalue weighted by Crippen LogP contribution is -2.17. The van der Waals surface area contributed by atoms with Crippen molar-refractivity contribution < 1.29 is 14.4 Å². The van der Waals surface area contributed by atoms with Crippen molar-refractivity contribution in [3.63, 3.8) is 0 Å². The fourth-order valence-corrected chi connectivity index (χ4v) is 2.37. The number of nitrogens with one attached hydrogen (secondary N) is 1. The number of nitrogens with zero attached hydrogens (tertiary/aromatic N) is 1. The van der Waals surface area contributed by atoms with Gasteiger partial charge in [-0.25, -0.2) is 4.39 Å². The minimum Gasteiger partial charge on any atom is -0.396 e. The SMILES string of the molecule is O=[N+]([O-])c1cc(Br)c(F)cc1NCC1(CCO)CC1. The van der Waals surface area contributed by atoms with E-state index in [0.717, 1.165) is 25.0 Å². The van der Waals surface area contributed by atoms with Gasteiger partial charge in [0.25, 0.3) is 5.69 Å². The van der Waals surface area contributed by atoms with Crippen molar-refractivity contribution in [3.05, 3.63) is 32.5 Å². The molecule has 1 aliphatic rings. The van der Waals surface area contributed by atoms with Gasteiger partial charge in [0.1, 0.15) is 11.5 Å². The van der Waals surface area contributed by atoms with E-state index in [0.29, 0.717) is 13.0 Å². The highest BCUT2D eigenvalue weighted by Crippen LogP contribution is 2.48. The maximum Gasteiger partial charge on any atom is 0.293 e. The van der Waals surface area contributed by atoms with E-state index < -0.39 is 10.7 Å². The Kier molecular flexibility index (Phi) is 4.05. The third kappa shape index (κ3) is 3.22. The van der Waals surface area contributed by atoms with Crippen LogP contribution in [0.3, 0.4) is 0 Å². The maximum absolute atomic E-state index is 13.5. The van der Waals surface area contributed by atoms with Crippen molar-refractivity contribution in [2.45, 2.75) is 19.3 Å². The molecule has 104 valence electrons. The van der Waals surface area contributed by atoms with Crippen LogP contribution in [-0.4, -0.2) is 23.2 Å². The first kappa shape index (κ1) is 14.2. The van der Waals surface area contributed by atoms with Gasteiger partial charge in [-0.15, -0.1) is 0 Å². The van der Waals surface area contributed by atoms with Crippen molar-refractivity contribution in [1.82, 2.24) is 0 Å². The predicted molar refractivity (Wildman–Crippen MR) is 72.6 cm³/mol. The number of aliphatic hydroxyl groups excluding tert-OH is 1. The highest BCUT2D eigenvalue weighted by molar-refractivity contribution is 9.10. The van der Waals surface area contributed by atoms with Crippen LogP contribution in [0.1, 0.15) is 19.3 Å². The summed E-state index contributed by atoms with van der Waals surface area (Å²) in [5.41, 5.74) is 0.0228. The van der Waals surface area contributed by atoms with Crippen LogP contribution in [0.4, 0.5) is 15.8 Å². The van der Waals surface area contributed by atoms with Gasteiger partial charge in [0.15, 0.2) is 0 Å². The molecule has 0 radical (unpaired) electrons. The standard InChI is InChI=1S/C12H14BrFN2O3/c13-8-5-11(16(18)19)10(6-9(8)14)15-7-12(1-2-12)3-4-17/h5-6,15,17H,1-4,7H2. The van der Waals surface area contributed by atoms with Gasteiger partial charge < -0.3 is 10.4 Å². The molecule has 1 aromatic carbocycles. The summed E-state index contributed by atoms with van der Waals surface area (Å²) in [4.78, 5) is 10.4. The lowest BCUT2D eigenvalue weighted by Gasteiger charge is -2.15. The molecule has 0 unspecified atom stereocenters. The Bertz CT molecular complexity index is 506. The predicted octanol–water partition coefficient (Wildman–Crippen LogP) is 3.07. The molecule has 0 aliphatic heterocycles. The molecule has 0 atom stereocenters. The number of benzene rings is 1. The Labute approximate surface area is 118 Å². The molecule has 19 heavy (non-hydrogen) atoms. The number of hydrogen-bond acceptors (Lipinski definition) is 4. The Morgan fingerprint density at radius 1 is 1.53 bits per heavy atom. The fraction of sp³-hybridized carbons (Fsp3) is 0.500. The number of anilines is 1. The Morgan fingerprint density at radius 2 is 2.21 bits per heavy atom. The zero-order valence-corrected chi connectivity index (χ0v) is 11.7. The summed E-state index contributed by atoms with van der Waals surface area (Å²) >= 11 is 2.94. The topological polar surface area (TPSA) is 75.4 Å². The molecule has 7 heteroatoms. The Balaban J connectivity index is 2.15. The quantitative estimate of drug-likeness (QED) is 0.620. The number of hydrogen-bond donors (Lipinski definition) is 2. The molecule has 2 rings (SSSR count). The van der Waals surface area contributed by atoms with Gasteiger partial charge in [-0.05, 0) is 40.6 Å². The second kappa shape index (κ2) is 5.42. The third-order valence-corrected chi connectivity index (χ3v) is 4.10. The second-order valence-corrected chi connectivity index (χ2v) is 5.72. The molecule has 0 heterocycles. The van der Waals surface area contributed by atoms with E-state index in [-0.39, 0.29) is 27.9 Å². The van der Waals surface area contributed by atoms with E-state index in [2.05, 4.69) is 21.2 Å². The average molecular weight is 333 g/mol. The molecule has 5 nitrogen and oxygen atoms in total. The zero-order chi connectivity index (χ0) is 14.0. The Morgan fingerprint density at radius 3 is 2.74 bits per heavy atom. The third-order valence-electron chi connectivity index (χ3n) is 3.49. The molecule has 1 fully saturated rings. The van der Waals surface area contributed by atoms with Crippen LogP contribution in [0.25, 0.3) is 0 Å². The Hall–Kier alpha value is -1.21. The molecule has 1 aromatic rings. The van der Waals surface area contributed by atoms with E-state index in [1.54, 1.807) is 0 Å². The first-order valence-electron chi connectivity index (χ1n) is 5.96. The lowest BCUT2D eigenvalue weighted by molar-refractivity contribution is -0.384. The first-order valence-corrected chi connectivity index (χ1v) is 6.75. The van der Waals surface area contributed by atoms with Crippen LogP contribution in [0.15, 0.2) is 16.6 Å². The minimum absolute atomic E-state index is 0.00612. The molecule has 1 saturated carbocycles. The number of rotatable bonds is 6. The van der Waals surface area contributed by atoms with E-state index in [9.17, 15) is 14.5 Å². The summed E-state index contributed by atoms with van der Waals surface area (Å²) in [6.45, 7) is 0.605. The van der Waals surface area contributed by atoms with E-state index in [1.807, 2.05) is 0 Å². The molecule has 0 aromatic heterocycles. The summed E-state index contributed by atoms with van der Waals surface area (Å²) in [6.07, 6.45) is 2.62. The first-order chi connectivity index (χ1) is 8.97. The largest absolute Gasteiger partial charge is 0.396 e. The monoisotopic (exact) mass is 332 g/mol. The van der Waals surface area contributed by atoms with E-state index >= 15 is 0 Å². The van der Waals surface area contributed by atoms with Gasteiger partial charge >= 0.3 is 0 Å². The molecule has 0 bridgehead atoms. The van der Waals surface area contributed by atoms with Crippen molar-refractivity contribution >= 4 is 27.3 Å². The summed E-state index contributed by atoms with van der Waals surface area (Å²) in [5, 5.41) is 22.8. The average Bonchev–Trinajstić information content (AvgIpc) is 3.11. The summed E-state index contributed by atoms with van der Waals surface area (Å²) in [7, 11) is 0.